The molecule has 0 atom stereocenters. The molecule has 0 unspecified atom stereocenters. The zero-order valence-corrected chi connectivity index (χ0v) is 13.4. The molecule has 0 amide bonds. The number of sulfonamides is 1. The third kappa shape index (κ3) is 7.63. The first kappa shape index (κ1) is 18.2. The van der Waals surface area contributed by atoms with Gasteiger partial charge >= 0.3 is 0 Å². The molecule has 0 aromatic heterocycles. The highest BCUT2D eigenvalue weighted by Gasteiger charge is 2.15. The van der Waals surface area contributed by atoms with Crippen LogP contribution in [0, 0.1) is 0 Å². The van der Waals surface area contributed by atoms with Crippen molar-refractivity contribution in [3.05, 3.63) is 24.3 Å². The first-order valence-corrected chi connectivity index (χ1v) is 9.23. The average molecular weight is 338 g/mol. The number of anilines is 1. The van der Waals surface area contributed by atoms with Gasteiger partial charge in [-0.3, -0.25) is 4.72 Å². The lowest BCUT2D eigenvalue weighted by molar-refractivity contribution is 0.252. The molecule has 0 aliphatic rings. The molecule has 120 valence electrons. The minimum absolute atomic E-state index is 0.0218. The number of nitrogens with one attached hydrogen (secondary N) is 2. The lowest BCUT2D eigenvalue weighted by Crippen LogP contribution is -2.19. The predicted molar refractivity (Wildman–Crippen MR) is 83.5 cm³/mol. The second-order valence-corrected chi connectivity index (χ2v) is 7.23. The maximum absolute atomic E-state index is 12.4. The van der Waals surface area contributed by atoms with Crippen molar-refractivity contribution in [2.24, 2.45) is 0 Å². The normalized spacial score (nSPS) is 11.8. The molecule has 4 nitrogen and oxygen atoms in total. The van der Waals surface area contributed by atoms with Gasteiger partial charge in [0.05, 0.1) is 11.4 Å². The summed E-state index contributed by atoms with van der Waals surface area (Å²) in [5.74, 6) is -2.61. The van der Waals surface area contributed by atoms with Gasteiger partial charge in [-0.2, -0.15) is 8.78 Å². The molecule has 0 saturated heterocycles. The molecular formula is C13H20F2N2O2S2. The van der Waals surface area contributed by atoms with Crippen LogP contribution in [0.25, 0.3) is 0 Å². The molecule has 21 heavy (non-hydrogen) atoms. The largest absolute Gasteiger partial charge is 0.317 e. The molecule has 8 heteroatoms. The van der Waals surface area contributed by atoms with Crippen LogP contribution in [-0.2, 0) is 10.0 Å². The van der Waals surface area contributed by atoms with E-state index in [-0.39, 0.29) is 16.3 Å². The van der Waals surface area contributed by atoms with Gasteiger partial charge in [0.1, 0.15) is 0 Å². The Labute approximate surface area is 128 Å². The molecule has 0 fully saturated rings. The zero-order chi connectivity index (χ0) is 15.7. The van der Waals surface area contributed by atoms with Gasteiger partial charge in [-0.05, 0) is 38.1 Å². The Hall–Kier alpha value is -0.860. The molecule has 0 aliphatic carbocycles. The zero-order valence-electron chi connectivity index (χ0n) is 11.8. The molecule has 0 heterocycles. The molecule has 0 radical (unpaired) electrons. The minimum atomic E-state index is -3.52. The van der Waals surface area contributed by atoms with Crippen LogP contribution in [-0.4, -0.2) is 33.0 Å². The van der Waals surface area contributed by atoms with E-state index in [1.54, 1.807) is 12.1 Å². The number of rotatable bonds is 10. The lowest BCUT2D eigenvalue weighted by Gasteiger charge is -2.12. The molecule has 0 bridgehead atoms. The SMILES string of the molecule is CCNCCCCS(=O)(=O)Nc1ccccc1SC(F)F. The van der Waals surface area contributed by atoms with Crippen LogP contribution in [0.5, 0.6) is 0 Å². The number of alkyl halides is 2. The Morgan fingerprint density at radius 2 is 1.95 bits per heavy atom. The maximum Gasteiger partial charge on any atom is 0.288 e. The Morgan fingerprint density at radius 1 is 1.24 bits per heavy atom. The van der Waals surface area contributed by atoms with E-state index < -0.39 is 15.8 Å². The Balaban J connectivity index is 2.58. The third-order valence-corrected chi connectivity index (χ3v) is 4.78. The van der Waals surface area contributed by atoms with Gasteiger partial charge in [0.15, 0.2) is 0 Å². The Kier molecular flexibility index (Phi) is 7.98. The Morgan fingerprint density at radius 3 is 2.62 bits per heavy atom. The highest BCUT2D eigenvalue weighted by Crippen LogP contribution is 2.32. The van der Waals surface area contributed by atoms with Crippen LogP contribution in [0.15, 0.2) is 29.2 Å². The summed E-state index contributed by atoms with van der Waals surface area (Å²) in [4.78, 5) is 0.226. The van der Waals surface area contributed by atoms with E-state index in [4.69, 9.17) is 0 Å². The smallest absolute Gasteiger partial charge is 0.288 e. The number of hydrogen-bond acceptors (Lipinski definition) is 4. The number of hydrogen-bond donors (Lipinski definition) is 2. The summed E-state index contributed by atoms with van der Waals surface area (Å²) in [6, 6.07) is 6.16. The van der Waals surface area contributed by atoms with E-state index in [1.807, 2.05) is 6.92 Å². The topological polar surface area (TPSA) is 58.2 Å². The number of para-hydroxylation sites is 1. The second-order valence-electron chi connectivity index (χ2n) is 4.36. The van der Waals surface area contributed by atoms with Gasteiger partial charge in [0.2, 0.25) is 10.0 Å². The summed E-state index contributed by atoms with van der Waals surface area (Å²) < 4.78 is 51.1. The molecule has 1 aromatic rings. The quantitative estimate of drug-likeness (QED) is 0.508. The molecule has 0 saturated carbocycles. The van der Waals surface area contributed by atoms with Crippen molar-refractivity contribution in [1.82, 2.24) is 5.32 Å². The van der Waals surface area contributed by atoms with Crippen LogP contribution in [0.3, 0.4) is 0 Å². The highest BCUT2D eigenvalue weighted by molar-refractivity contribution is 7.99. The minimum Gasteiger partial charge on any atom is -0.317 e. The third-order valence-electron chi connectivity index (χ3n) is 2.64. The summed E-state index contributed by atoms with van der Waals surface area (Å²) in [7, 11) is -3.52. The number of thioether (sulfide) groups is 1. The van der Waals surface area contributed by atoms with E-state index >= 15 is 0 Å². The molecule has 0 aliphatic heterocycles. The van der Waals surface area contributed by atoms with Gasteiger partial charge in [0.25, 0.3) is 5.76 Å². The first-order chi connectivity index (χ1) is 9.94. The molecule has 1 rings (SSSR count). The standard InChI is InChI=1S/C13H20F2N2O2S2/c1-2-16-9-5-6-10-21(18,19)17-11-7-3-4-8-12(11)20-13(14)15/h3-4,7-8,13,16-17H,2,5-6,9-10H2,1H3. The van der Waals surface area contributed by atoms with E-state index in [9.17, 15) is 17.2 Å². The van der Waals surface area contributed by atoms with E-state index in [1.165, 1.54) is 12.1 Å². The van der Waals surface area contributed by atoms with Gasteiger partial charge in [-0.15, -0.1) is 0 Å². The Bertz CT molecular complexity index is 525. The van der Waals surface area contributed by atoms with E-state index in [0.717, 1.165) is 19.5 Å². The van der Waals surface area contributed by atoms with Gasteiger partial charge in [-0.1, -0.05) is 30.8 Å². The van der Waals surface area contributed by atoms with Crippen LogP contribution in [0.2, 0.25) is 0 Å². The van der Waals surface area contributed by atoms with E-state index in [2.05, 4.69) is 10.0 Å². The fraction of sp³-hybridized carbons (Fsp3) is 0.538. The van der Waals surface area contributed by atoms with Crippen LogP contribution in [0.1, 0.15) is 19.8 Å². The number of benzene rings is 1. The van der Waals surface area contributed by atoms with Gasteiger partial charge in [-0.25, -0.2) is 8.42 Å². The van der Waals surface area contributed by atoms with Gasteiger partial charge < -0.3 is 5.32 Å². The maximum atomic E-state index is 12.4. The lowest BCUT2D eigenvalue weighted by atomic mass is 10.3. The summed E-state index contributed by atoms with van der Waals surface area (Å²) in [5.41, 5.74) is 0.203. The summed E-state index contributed by atoms with van der Waals surface area (Å²) in [6.07, 6.45) is 1.27. The molecule has 2 N–H and O–H groups in total. The van der Waals surface area contributed by atoms with Crippen molar-refractivity contribution in [3.63, 3.8) is 0 Å². The van der Waals surface area contributed by atoms with Crippen LogP contribution >= 0.6 is 11.8 Å². The summed E-state index contributed by atoms with van der Waals surface area (Å²) >= 11 is 0.330. The van der Waals surface area contributed by atoms with E-state index in [0.29, 0.717) is 18.2 Å². The highest BCUT2D eigenvalue weighted by atomic mass is 32.2. The van der Waals surface area contributed by atoms with Crippen LogP contribution in [0.4, 0.5) is 14.5 Å². The van der Waals surface area contributed by atoms with Crippen molar-refractivity contribution in [2.75, 3.05) is 23.6 Å². The van der Waals surface area contributed by atoms with Crippen molar-refractivity contribution < 1.29 is 17.2 Å². The summed E-state index contributed by atoms with van der Waals surface area (Å²) in [5, 5.41) is 3.11. The number of unbranched alkanes of at least 4 members (excludes halogenated alkanes) is 1. The summed E-state index contributed by atoms with van der Waals surface area (Å²) in [6.45, 7) is 3.60. The van der Waals surface area contributed by atoms with Gasteiger partial charge in [0, 0.05) is 4.90 Å². The molecular weight excluding hydrogens is 318 g/mol. The molecule has 0 spiro atoms. The van der Waals surface area contributed by atoms with Crippen molar-refractivity contribution in [3.8, 4) is 0 Å². The second kappa shape index (κ2) is 9.22. The van der Waals surface area contributed by atoms with Crippen LogP contribution < -0.4 is 10.0 Å². The first-order valence-electron chi connectivity index (χ1n) is 6.69. The van der Waals surface area contributed by atoms with Crippen molar-refractivity contribution >= 4 is 27.5 Å². The van der Waals surface area contributed by atoms with Crippen molar-refractivity contribution in [1.29, 1.82) is 0 Å². The number of halogens is 2. The molecule has 1 aromatic carbocycles. The fourth-order valence-electron chi connectivity index (χ4n) is 1.69. The van der Waals surface area contributed by atoms with Crippen molar-refractivity contribution in [2.45, 2.75) is 30.4 Å². The fourth-order valence-corrected chi connectivity index (χ4v) is 3.55. The monoisotopic (exact) mass is 338 g/mol. The average Bonchev–Trinajstić information content (AvgIpc) is 2.40. The predicted octanol–water partition coefficient (Wildman–Crippen LogP) is 3.13.